The SMILES string of the molecule is CCCN(CC1CCCCO1)C(=O)NC1CCC(O)CC1. The number of rotatable bonds is 5. The monoisotopic (exact) mass is 298 g/mol. The zero-order valence-corrected chi connectivity index (χ0v) is 13.2. The van der Waals surface area contributed by atoms with Gasteiger partial charge in [0, 0.05) is 25.7 Å². The van der Waals surface area contributed by atoms with E-state index in [4.69, 9.17) is 4.74 Å². The van der Waals surface area contributed by atoms with Crippen LogP contribution in [0.25, 0.3) is 0 Å². The zero-order valence-electron chi connectivity index (χ0n) is 13.2. The Bertz CT molecular complexity index is 311. The van der Waals surface area contributed by atoms with Gasteiger partial charge in [0.25, 0.3) is 0 Å². The molecule has 0 aromatic heterocycles. The minimum atomic E-state index is -0.180. The van der Waals surface area contributed by atoms with Crippen LogP contribution in [0, 0.1) is 0 Å². The number of nitrogens with zero attached hydrogens (tertiary/aromatic N) is 1. The van der Waals surface area contributed by atoms with E-state index in [0.717, 1.165) is 58.1 Å². The number of hydrogen-bond donors (Lipinski definition) is 2. The van der Waals surface area contributed by atoms with Crippen LogP contribution in [0.2, 0.25) is 0 Å². The number of ether oxygens (including phenoxy) is 1. The van der Waals surface area contributed by atoms with Crippen molar-refractivity contribution in [3.05, 3.63) is 0 Å². The molecule has 5 heteroatoms. The highest BCUT2D eigenvalue weighted by Gasteiger charge is 2.25. The van der Waals surface area contributed by atoms with Gasteiger partial charge < -0.3 is 20.1 Å². The van der Waals surface area contributed by atoms with Gasteiger partial charge in [0.2, 0.25) is 0 Å². The van der Waals surface area contributed by atoms with Crippen molar-refractivity contribution >= 4 is 6.03 Å². The molecule has 0 aromatic rings. The minimum absolute atomic E-state index is 0.0346. The Balaban J connectivity index is 1.80. The quantitative estimate of drug-likeness (QED) is 0.818. The summed E-state index contributed by atoms with van der Waals surface area (Å²) < 4.78 is 5.75. The summed E-state index contributed by atoms with van der Waals surface area (Å²) in [4.78, 5) is 14.4. The third-order valence-corrected chi connectivity index (χ3v) is 4.50. The van der Waals surface area contributed by atoms with E-state index in [1.165, 1.54) is 6.42 Å². The normalized spacial score (nSPS) is 29.9. The summed E-state index contributed by atoms with van der Waals surface area (Å²) in [7, 11) is 0. The number of aliphatic hydroxyl groups excluding tert-OH is 1. The smallest absolute Gasteiger partial charge is 0.317 e. The summed E-state index contributed by atoms with van der Waals surface area (Å²) in [6.45, 7) is 4.40. The molecule has 1 saturated heterocycles. The van der Waals surface area contributed by atoms with E-state index >= 15 is 0 Å². The number of aliphatic hydroxyl groups is 1. The van der Waals surface area contributed by atoms with Crippen molar-refractivity contribution in [3.8, 4) is 0 Å². The molecule has 0 aromatic carbocycles. The van der Waals surface area contributed by atoms with Gasteiger partial charge in [-0.05, 0) is 51.4 Å². The summed E-state index contributed by atoms with van der Waals surface area (Å²) in [5, 5.41) is 12.7. The molecule has 21 heavy (non-hydrogen) atoms. The number of nitrogens with one attached hydrogen (secondary N) is 1. The molecule has 0 bridgehead atoms. The minimum Gasteiger partial charge on any atom is -0.393 e. The maximum Gasteiger partial charge on any atom is 0.317 e. The maximum atomic E-state index is 12.5. The molecule has 0 spiro atoms. The van der Waals surface area contributed by atoms with Crippen LogP contribution in [0.3, 0.4) is 0 Å². The van der Waals surface area contributed by atoms with Crippen LogP contribution < -0.4 is 5.32 Å². The van der Waals surface area contributed by atoms with Crippen LogP contribution in [0.5, 0.6) is 0 Å². The zero-order chi connectivity index (χ0) is 15.1. The molecule has 2 rings (SSSR count). The number of carbonyl (C=O) groups is 1. The standard InChI is InChI=1S/C16H30N2O3/c1-2-10-18(12-15-5-3-4-11-21-15)16(20)17-13-6-8-14(19)9-7-13/h13-15,19H,2-12H2,1H3,(H,17,20). The summed E-state index contributed by atoms with van der Waals surface area (Å²) in [5.41, 5.74) is 0. The molecular formula is C16H30N2O3. The Morgan fingerprint density at radius 1 is 1.24 bits per heavy atom. The van der Waals surface area contributed by atoms with Gasteiger partial charge in [-0.25, -0.2) is 4.79 Å². The van der Waals surface area contributed by atoms with Crippen molar-refractivity contribution in [2.24, 2.45) is 0 Å². The van der Waals surface area contributed by atoms with Crippen LogP contribution in [-0.2, 0) is 4.74 Å². The molecule has 2 aliphatic rings. The highest BCUT2D eigenvalue weighted by atomic mass is 16.5. The van der Waals surface area contributed by atoms with Gasteiger partial charge >= 0.3 is 6.03 Å². The average molecular weight is 298 g/mol. The summed E-state index contributed by atoms with van der Waals surface area (Å²) in [5.74, 6) is 0. The van der Waals surface area contributed by atoms with Crippen LogP contribution in [-0.4, -0.2) is 54.0 Å². The van der Waals surface area contributed by atoms with Gasteiger partial charge in [0.15, 0.2) is 0 Å². The molecule has 122 valence electrons. The first kappa shape index (κ1) is 16.6. The second kappa shape index (κ2) is 8.59. The van der Waals surface area contributed by atoms with Crippen molar-refractivity contribution < 1.29 is 14.6 Å². The van der Waals surface area contributed by atoms with Gasteiger partial charge in [-0.3, -0.25) is 0 Å². The van der Waals surface area contributed by atoms with Crippen LogP contribution >= 0.6 is 0 Å². The van der Waals surface area contributed by atoms with Crippen LogP contribution in [0.1, 0.15) is 58.3 Å². The number of amides is 2. The van der Waals surface area contributed by atoms with E-state index in [2.05, 4.69) is 12.2 Å². The van der Waals surface area contributed by atoms with E-state index in [9.17, 15) is 9.90 Å². The van der Waals surface area contributed by atoms with Crippen molar-refractivity contribution in [1.82, 2.24) is 10.2 Å². The third kappa shape index (κ3) is 5.47. The second-order valence-electron chi connectivity index (χ2n) is 6.39. The molecule has 1 heterocycles. The van der Waals surface area contributed by atoms with Crippen LogP contribution in [0.15, 0.2) is 0 Å². The number of hydrogen-bond acceptors (Lipinski definition) is 3. The first-order valence-electron chi connectivity index (χ1n) is 8.54. The molecule has 1 atom stereocenters. The number of carbonyl (C=O) groups excluding carboxylic acids is 1. The van der Waals surface area contributed by atoms with Crippen molar-refractivity contribution in [1.29, 1.82) is 0 Å². The predicted molar refractivity (Wildman–Crippen MR) is 82.2 cm³/mol. The molecule has 0 radical (unpaired) electrons. The Labute approximate surface area is 128 Å². The van der Waals surface area contributed by atoms with E-state index in [-0.39, 0.29) is 24.3 Å². The molecule has 2 fully saturated rings. The molecule has 1 aliphatic carbocycles. The van der Waals surface area contributed by atoms with E-state index in [0.29, 0.717) is 6.54 Å². The largest absolute Gasteiger partial charge is 0.393 e. The highest BCUT2D eigenvalue weighted by Crippen LogP contribution is 2.19. The van der Waals surface area contributed by atoms with Crippen molar-refractivity contribution in [2.45, 2.75) is 76.5 Å². The molecule has 1 saturated carbocycles. The Kier molecular flexibility index (Phi) is 6.77. The maximum absolute atomic E-state index is 12.5. The predicted octanol–water partition coefficient (Wildman–Crippen LogP) is 2.28. The fourth-order valence-electron chi connectivity index (χ4n) is 3.23. The lowest BCUT2D eigenvalue weighted by atomic mass is 9.93. The van der Waals surface area contributed by atoms with Gasteiger partial charge in [0.1, 0.15) is 0 Å². The van der Waals surface area contributed by atoms with Crippen molar-refractivity contribution in [2.75, 3.05) is 19.7 Å². The lowest BCUT2D eigenvalue weighted by Crippen LogP contribution is -2.49. The Hall–Kier alpha value is -0.810. The molecule has 1 aliphatic heterocycles. The van der Waals surface area contributed by atoms with E-state index in [1.54, 1.807) is 0 Å². The van der Waals surface area contributed by atoms with Gasteiger partial charge in [-0.15, -0.1) is 0 Å². The second-order valence-corrected chi connectivity index (χ2v) is 6.39. The van der Waals surface area contributed by atoms with Crippen molar-refractivity contribution in [3.63, 3.8) is 0 Å². The molecule has 2 N–H and O–H groups in total. The van der Waals surface area contributed by atoms with E-state index < -0.39 is 0 Å². The summed E-state index contributed by atoms with van der Waals surface area (Å²) in [6.07, 6.45) is 7.74. The lowest BCUT2D eigenvalue weighted by Gasteiger charge is -2.32. The van der Waals surface area contributed by atoms with E-state index in [1.807, 2.05) is 4.90 Å². The summed E-state index contributed by atoms with van der Waals surface area (Å²) >= 11 is 0. The topological polar surface area (TPSA) is 61.8 Å². The van der Waals surface area contributed by atoms with Gasteiger partial charge in [0.05, 0.1) is 12.2 Å². The first-order chi connectivity index (χ1) is 10.2. The fourth-order valence-corrected chi connectivity index (χ4v) is 3.23. The number of urea groups is 1. The Morgan fingerprint density at radius 2 is 2.00 bits per heavy atom. The lowest BCUT2D eigenvalue weighted by molar-refractivity contribution is 0.000348. The molecule has 5 nitrogen and oxygen atoms in total. The highest BCUT2D eigenvalue weighted by molar-refractivity contribution is 5.74. The molecule has 1 unspecified atom stereocenters. The molecular weight excluding hydrogens is 268 g/mol. The average Bonchev–Trinajstić information content (AvgIpc) is 2.50. The Morgan fingerprint density at radius 3 is 2.62 bits per heavy atom. The third-order valence-electron chi connectivity index (χ3n) is 4.50. The van der Waals surface area contributed by atoms with Gasteiger partial charge in [-0.1, -0.05) is 6.92 Å². The fraction of sp³-hybridized carbons (Fsp3) is 0.938. The molecule has 2 amide bonds. The first-order valence-corrected chi connectivity index (χ1v) is 8.54. The van der Waals surface area contributed by atoms with Gasteiger partial charge in [-0.2, -0.15) is 0 Å². The van der Waals surface area contributed by atoms with Crippen LogP contribution in [0.4, 0.5) is 4.79 Å². The summed E-state index contributed by atoms with van der Waals surface area (Å²) in [6, 6.07) is 0.250.